The van der Waals surface area contributed by atoms with Crippen LogP contribution < -0.4 is 5.32 Å². The average Bonchev–Trinajstić information content (AvgIpc) is 2.37. The molecule has 0 radical (unpaired) electrons. The number of hydrogen-bond acceptors (Lipinski definition) is 3. The van der Waals surface area contributed by atoms with Crippen molar-refractivity contribution < 1.29 is 9.90 Å². The number of carbonyl (C=O) groups is 1. The van der Waals surface area contributed by atoms with Crippen LogP contribution >= 0.6 is 0 Å². The van der Waals surface area contributed by atoms with Gasteiger partial charge in [-0.05, 0) is 49.2 Å². The van der Waals surface area contributed by atoms with E-state index in [2.05, 4.69) is 10.3 Å². The van der Waals surface area contributed by atoms with Crippen molar-refractivity contribution in [2.24, 2.45) is 0 Å². The number of nitrogens with zero attached hydrogens (tertiary/aromatic N) is 1. The van der Waals surface area contributed by atoms with E-state index in [4.69, 9.17) is 0 Å². The highest BCUT2D eigenvalue weighted by Crippen LogP contribution is 2.25. The van der Waals surface area contributed by atoms with Gasteiger partial charge >= 0.3 is 0 Å². The Bertz CT molecular complexity index is 580. The van der Waals surface area contributed by atoms with Crippen molar-refractivity contribution in [3.8, 4) is 5.75 Å². The number of rotatable bonds is 2. The van der Waals surface area contributed by atoms with Gasteiger partial charge in [0, 0.05) is 11.9 Å². The van der Waals surface area contributed by atoms with Crippen molar-refractivity contribution >= 4 is 11.6 Å². The van der Waals surface area contributed by atoms with Crippen LogP contribution in [0.15, 0.2) is 36.5 Å². The number of benzene rings is 1. The topological polar surface area (TPSA) is 62.2 Å². The van der Waals surface area contributed by atoms with Crippen molar-refractivity contribution in [1.82, 2.24) is 4.98 Å². The number of aryl methyl sites for hydroxylation is 2. The van der Waals surface area contributed by atoms with Gasteiger partial charge < -0.3 is 10.4 Å². The monoisotopic (exact) mass is 242 g/mol. The first-order chi connectivity index (χ1) is 8.58. The van der Waals surface area contributed by atoms with Crippen LogP contribution in [-0.2, 0) is 0 Å². The van der Waals surface area contributed by atoms with Gasteiger partial charge in [0.25, 0.3) is 5.91 Å². The molecule has 0 atom stereocenters. The lowest BCUT2D eigenvalue weighted by Crippen LogP contribution is -2.14. The summed E-state index contributed by atoms with van der Waals surface area (Å²) in [6, 6.07) is 8.54. The number of carbonyl (C=O) groups excluding carboxylic acids is 1. The molecule has 0 bridgehead atoms. The lowest BCUT2D eigenvalue weighted by Gasteiger charge is -2.10. The Morgan fingerprint density at radius 3 is 2.67 bits per heavy atom. The first-order valence-corrected chi connectivity index (χ1v) is 5.60. The molecule has 0 unspecified atom stereocenters. The highest BCUT2D eigenvalue weighted by atomic mass is 16.3. The maximum absolute atomic E-state index is 11.9. The Morgan fingerprint density at radius 2 is 2.00 bits per heavy atom. The summed E-state index contributed by atoms with van der Waals surface area (Å²) in [5, 5.41) is 12.3. The number of aromatic nitrogens is 1. The number of pyridine rings is 1. The molecule has 0 saturated carbocycles. The van der Waals surface area contributed by atoms with Gasteiger partial charge in [-0.1, -0.05) is 6.07 Å². The van der Waals surface area contributed by atoms with Gasteiger partial charge in [0.1, 0.15) is 11.4 Å². The molecule has 4 nitrogen and oxygen atoms in total. The number of anilines is 1. The Balaban J connectivity index is 2.25. The summed E-state index contributed by atoms with van der Waals surface area (Å²) in [5.41, 5.74) is 2.57. The van der Waals surface area contributed by atoms with E-state index < -0.39 is 0 Å². The minimum absolute atomic E-state index is 0.225. The number of hydrogen-bond donors (Lipinski definition) is 2. The maximum Gasteiger partial charge on any atom is 0.274 e. The summed E-state index contributed by atoms with van der Waals surface area (Å²) < 4.78 is 0. The van der Waals surface area contributed by atoms with Gasteiger partial charge in [-0.2, -0.15) is 0 Å². The lowest BCUT2D eigenvalue weighted by atomic mass is 10.1. The van der Waals surface area contributed by atoms with Gasteiger partial charge in [0.05, 0.1) is 0 Å². The standard InChI is InChI=1S/C14H14N2O2/c1-9-8-13(17)10(2)7-12(9)16-14(18)11-5-3-4-6-15-11/h3-8,17H,1-2H3,(H,16,18). The maximum atomic E-state index is 11.9. The molecule has 18 heavy (non-hydrogen) atoms. The quantitative estimate of drug-likeness (QED) is 0.796. The van der Waals surface area contributed by atoms with E-state index in [-0.39, 0.29) is 11.7 Å². The van der Waals surface area contributed by atoms with E-state index in [1.165, 1.54) is 0 Å². The number of nitrogens with one attached hydrogen (secondary N) is 1. The van der Waals surface area contributed by atoms with Gasteiger partial charge in [0.2, 0.25) is 0 Å². The zero-order valence-corrected chi connectivity index (χ0v) is 10.3. The molecule has 0 fully saturated rings. The molecule has 1 aromatic carbocycles. The third-order valence-electron chi connectivity index (χ3n) is 2.69. The van der Waals surface area contributed by atoms with Gasteiger partial charge in [-0.3, -0.25) is 9.78 Å². The van der Waals surface area contributed by atoms with Gasteiger partial charge in [0.15, 0.2) is 0 Å². The minimum atomic E-state index is -0.260. The predicted octanol–water partition coefficient (Wildman–Crippen LogP) is 2.66. The minimum Gasteiger partial charge on any atom is -0.508 e. The zero-order chi connectivity index (χ0) is 13.1. The molecule has 4 heteroatoms. The van der Waals surface area contributed by atoms with E-state index in [0.29, 0.717) is 11.4 Å². The largest absolute Gasteiger partial charge is 0.508 e. The summed E-state index contributed by atoms with van der Waals surface area (Å²) in [6.07, 6.45) is 1.57. The van der Waals surface area contributed by atoms with Crippen LogP contribution in [0.2, 0.25) is 0 Å². The fourth-order valence-electron chi connectivity index (χ4n) is 1.62. The molecule has 0 aliphatic rings. The van der Waals surface area contributed by atoms with Crippen LogP contribution in [-0.4, -0.2) is 16.0 Å². The Kier molecular flexibility index (Phi) is 3.28. The average molecular weight is 242 g/mol. The van der Waals surface area contributed by atoms with Crippen molar-refractivity contribution in [1.29, 1.82) is 0 Å². The SMILES string of the molecule is Cc1cc(NC(=O)c2ccccn2)c(C)cc1O. The first kappa shape index (κ1) is 12.1. The third-order valence-corrected chi connectivity index (χ3v) is 2.69. The molecular weight excluding hydrogens is 228 g/mol. The van der Waals surface area contributed by atoms with Crippen molar-refractivity contribution in [3.63, 3.8) is 0 Å². The number of aromatic hydroxyl groups is 1. The summed E-state index contributed by atoms with van der Waals surface area (Å²) in [6.45, 7) is 3.61. The summed E-state index contributed by atoms with van der Waals surface area (Å²) in [4.78, 5) is 15.9. The van der Waals surface area contributed by atoms with Crippen LogP contribution in [0.4, 0.5) is 5.69 Å². The van der Waals surface area contributed by atoms with Crippen LogP contribution in [0.1, 0.15) is 21.6 Å². The number of amides is 1. The number of phenolic OH excluding ortho intramolecular Hbond substituents is 1. The predicted molar refractivity (Wildman–Crippen MR) is 69.8 cm³/mol. The molecule has 1 heterocycles. The van der Waals surface area contributed by atoms with Crippen LogP contribution in [0, 0.1) is 13.8 Å². The van der Waals surface area contributed by atoms with E-state index >= 15 is 0 Å². The fraction of sp³-hybridized carbons (Fsp3) is 0.143. The van der Waals surface area contributed by atoms with E-state index in [9.17, 15) is 9.90 Å². The summed E-state index contributed by atoms with van der Waals surface area (Å²) in [7, 11) is 0. The van der Waals surface area contributed by atoms with Crippen molar-refractivity contribution in [3.05, 3.63) is 53.3 Å². The molecular formula is C14H14N2O2. The number of phenols is 1. The Morgan fingerprint density at radius 1 is 1.22 bits per heavy atom. The zero-order valence-electron chi connectivity index (χ0n) is 10.3. The molecule has 2 N–H and O–H groups in total. The van der Waals surface area contributed by atoms with Crippen LogP contribution in [0.3, 0.4) is 0 Å². The van der Waals surface area contributed by atoms with Crippen molar-refractivity contribution in [2.75, 3.05) is 5.32 Å². The molecule has 0 aliphatic heterocycles. The second-order valence-electron chi connectivity index (χ2n) is 4.12. The third kappa shape index (κ3) is 2.48. The smallest absolute Gasteiger partial charge is 0.274 e. The summed E-state index contributed by atoms with van der Waals surface area (Å²) >= 11 is 0. The Hall–Kier alpha value is -2.36. The normalized spacial score (nSPS) is 10.1. The molecule has 1 amide bonds. The van der Waals surface area contributed by atoms with E-state index in [1.54, 1.807) is 43.5 Å². The summed E-state index contributed by atoms with van der Waals surface area (Å²) in [5.74, 6) is -0.0351. The highest BCUT2D eigenvalue weighted by molar-refractivity contribution is 6.03. The second-order valence-corrected chi connectivity index (χ2v) is 4.12. The molecule has 2 aromatic rings. The highest BCUT2D eigenvalue weighted by Gasteiger charge is 2.09. The lowest BCUT2D eigenvalue weighted by molar-refractivity contribution is 0.102. The fourth-order valence-corrected chi connectivity index (χ4v) is 1.62. The van der Waals surface area contributed by atoms with Crippen LogP contribution in [0.25, 0.3) is 0 Å². The molecule has 0 spiro atoms. The van der Waals surface area contributed by atoms with E-state index in [0.717, 1.165) is 11.1 Å². The second kappa shape index (κ2) is 4.87. The van der Waals surface area contributed by atoms with Crippen molar-refractivity contribution in [2.45, 2.75) is 13.8 Å². The van der Waals surface area contributed by atoms with E-state index in [1.807, 2.05) is 6.92 Å². The van der Waals surface area contributed by atoms with Gasteiger partial charge in [-0.15, -0.1) is 0 Å². The molecule has 0 saturated heterocycles. The molecule has 0 aliphatic carbocycles. The van der Waals surface area contributed by atoms with Crippen LogP contribution in [0.5, 0.6) is 5.75 Å². The molecule has 92 valence electrons. The first-order valence-electron chi connectivity index (χ1n) is 5.60. The Labute approximate surface area is 105 Å². The van der Waals surface area contributed by atoms with Gasteiger partial charge in [-0.25, -0.2) is 0 Å². The molecule has 1 aromatic heterocycles. The molecule has 2 rings (SSSR count).